The third-order valence-corrected chi connectivity index (χ3v) is 3.31. The van der Waals surface area contributed by atoms with Crippen LogP contribution in [0.4, 0.5) is 0 Å². The highest BCUT2D eigenvalue weighted by atomic mass is 16.5. The molecule has 0 saturated carbocycles. The largest absolute Gasteiger partial charge is 0.496 e. The monoisotopic (exact) mass is 282 g/mol. The number of hydrogen-bond acceptors (Lipinski definition) is 2. The van der Waals surface area contributed by atoms with Crippen LogP contribution in [0.5, 0.6) is 5.75 Å². The van der Waals surface area contributed by atoms with E-state index < -0.39 is 11.9 Å². The Labute approximate surface area is 124 Å². The van der Waals surface area contributed by atoms with Gasteiger partial charge in [0.05, 0.1) is 7.11 Å². The van der Waals surface area contributed by atoms with Crippen LogP contribution < -0.4 is 4.74 Å². The van der Waals surface area contributed by atoms with Gasteiger partial charge in [-0.25, -0.2) is 0 Å². The molecule has 0 bridgehead atoms. The quantitative estimate of drug-likeness (QED) is 0.903. The number of carboxylic acids is 1. The molecule has 2 aromatic rings. The molecule has 1 atom stereocenters. The summed E-state index contributed by atoms with van der Waals surface area (Å²) in [6.45, 7) is 1.93. The summed E-state index contributed by atoms with van der Waals surface area (Å²) in [7, 11) is 1.56. The van der Waals surface area contributed by atoms with Crippen LogP contribution in [-0.4, -0.2) is 18.2 Å². The average molecular weight is 282 g/mol. The molecule has 0 amide bonds. The van der Waals surface area contributed by atoms with Gasteiger partial charge in [0.25, 0.3) is 0 Å². The highest BCUT2D eigenvalue weighted by molar-refractivity contribution is 5.81. The van der Waals surface area contributed by atoms with Gasteiger partial charge in [-0.3, -0.25) is 4.79 Å². The third kappa shape index (κ3) is 3.31. The predicted octanol–water partition coefficient (Wildman–Crippen LogP) is 3.94. The van der Waals surface area contributed by atoms with Crippen molar-refractivity contribution < 1.29 is 14.6 Å². The highest BCUT2D eigenvalue weighted by Gasteiger charge is 2.25. The molecular formula is C18H18O3. The molecule has 1 N–H and O–H groups in total. The lowest BCUT2D eigenvalue weighted by atomic mass is 9.90. The zero-order chi connectivity index (χ0) is 15.2. The maximum atomic E-state index is 11.7. The van der Waals surface area contributed by atoms with Crippen molar-refractivity contribution in [1.29, 1.82) is 0 Å². The number of carbonyl (C=O) groups is 1. The number of carboxylic acid groups (broad SMARTS) is 1. The van der Waals surface area contributed by atoms with Gasteiger partial charge in [0, 0.05) is 5.56 Å². The van der Waals surface area contributed by atoms with E-state index in [1.54, 1.807) is 7.11 Å². The van der Waals surface area contributed by atoms with Gasteiger partial charge in [-0.1, -0.05) is 54.6 Å². The van der Waals surface area contributed by atoms with Crippen molar-refractivity contribution in [2.75, 3.05) is 7.11 Å². The number of methoxy groups -OCH3 is 1. The van der Waals surface area contributed by atoms with Crippen LogP contribution in [0.2, 0.25) is 0 Å². The van der Waals surface area contributed by atoms with Gasteiger partial charge in [-0.2, -0.15) is 0 Å². The molecule has 0 aromatic heterocycles. The number of aliphatic carboxylic acids is 1. The molecule has 0 spiro atoms. The van der Waals surface area contributed by atoms with Crippen LogP contribution in [0.1, 0.15) is 29.5 Å². The van der Waals surface area contributed by atoms with E-state index in [-0.39, 0.29) is 0 Å². The second-order valence-corrected chi connectivity index (χ2v) is 4.68. The average Bonchev–Trinajstić information content (AvgIpc) is 2.50. The summed E-state index contributed by atoms with van der Waals surface area (Å²) in [4.78, 5) is 11.7. The van der Waals surface area contributed by atoms with Gasteiger partial charge in [0.1, 0.15) is 11.7 Å². The van der Waals surface area contributed by atoms with Crippen LogP contribution in [0, 0.1) is 0 Å². The Morgan fingerprint density at radius 3 is 2.48 bits per heavy atom. The molecule has 0 heterocycles. The molecule has 0 saturated heterocycles. The van der Waals surface area contributed by atoms with E-state index in [1.165, 1.54) is 0 Å². The van der Waals surface area contributed by atoms with Crippen LogP contribution in [0.3, 0.4) is 0 Å². The first kappa shape index (κ1) is 14.9. The minimum Gasteiger partial charge on any atom is -0.496 e. The normalized spacial score (nSPS) is 12.3. The van der Waals surface area contributed by atoms with E-state index in [0.717, 1.165) is 11.1 Å². The van der Waals surface area contributed by atoms with E-state index in [9.17, 15) is 9.90 Å². The summed E-state index contributed by atoms with van der Waals surface area (Å²) in [6.07, 6.45) is 3.88. The molecule has 108 valence electrons. The van der Waals surface area contributed by atoms with Crippen molar-refractivity contribution in [2.24, 2.45) is 0 Å². The third-order valence-electron chi connectivity index (χ3n) is 3.31. The molecule has 2 rings (SSSR count). The first-order valence-electron chi connectivity index (χ1n) is 6.75. The second-order valence-electron chi connectivity index (χ2n) is 4.68. The summed E-state index contributed by atoms with van der Waals surface area (Å²) in [6, 6.07) is 14.8. The Kier molecular flexibility index (Phi) is 4.77. The number of ether oxygens (including phenoxy) is 1. The zero-order valence-electron chi connectivity index (χ0n) is 12.1. The number of hydrogen-bond donors (Lipinski definition) is 1. The summed E-state index contributed by atoms with van der Waals surface area (Å²) in [5, 5.41) is 9.60. The SMILES string of the molecule is C/C=C/c1ccc([C@H](C(=O)O)c2ccccc2)c(OC)c1. The molecule has 0 unspecified atom stereocenters. The van der Waals surface area contributed by atoms with E-state index in [0.29, 0.717) is 11.3 Å². The Morgan fingerprint density at radius 1 is 1.19 bits per heavy atom. The predicted molar refractivity (Wildman–Crippen MR) is 83.6 cm³/mol. The van der Waals surface area contributed by atoms with Crippen molar-refractivity contribution >= 4 is 12.0 Å². The fourth-order valence-corrected chi connectivity index (χ4v) is 2.36. The molecular weight excluding hydrogens is 264 g/mol. The molecule has 3 heteroatoms. The molecule has 0 aliphatic rings. The minimum atomic E-state index is -0.890. The molecule has 3 nitrogen and oxygen atoms in total. The van der Waals surface area contributed by atoms with Gasteiger partial charge in [0.2, 0.25) is 0 Å². The summed E-state index contributed by atoms with van der Waals surface area (Å²) in [5.41, 5.74) is 2.38. The van der Waals surface area contributed by atoms with Crippen molar-refractivity contribution in [3.8, 4) is 5.75 Å². The fraction of sp³-hybridized carbons (Fsp3) is 0.167. The molecule has 0 fully saturated rings. The Bertz CT molecular complexity index is 645. The van der Waals surface area contributed by atoms with Crippen LogP contribution in [0.25, 0.3) is 6.08 Å². The van der Waals surface area contributed by atoms with Gasteiger partial charge in [0.15, 0.2) is 0 Å². The van der Waals surface area contributed by atoms with Gasteiger partial charge < -0.3 is 9.84 Å². The lowest BCUT2D eigenvalue weighted by Gasteiger charge is -2.17. The highest BCUT2D eigenvalue weighted by Crippen LogP contribution is 2.33. The van der Waals surface area contributed by atoms with Crippen molar-refractivity contribution in [3.63, 3.8) is 0 Å². The second kappa shape index (κ2) is 6.75. The standard InChI is InChI=1S/C18H18O3/c1-3-7-13-10-11-15(16(12-13)21-2)17(18(19)20)14-8-5-4-6-9-14/h3-12,17H,1-2H3,(H,19,20)/b7-3+/t17-/m1/s1. The van der Waals surface area contributed by atoms with Gasteiger partial charge >= 0.3 is 5.97 Å². The molecule has 21 heavy (non-hydrogen) atoms. The van der Waals surface area contributed by atoms with Gasteiger partial charge in [-0.05, 0) is 24.1 Å². The van der Waals surface area contributed by atoms with Crippen LogP contribution in [-0.2, 0) is 4.79 Å². The fourth-order valence-electron chi connectivity index (χ4n) is 2.36. The van der Waals surface area contributed by atoms with Crippen molar-refractivity contribution in [3.05, 3.63) is 71.3 Å². The summed E-state index contributed by atoms with van der Waals surface area (Å²) < 4.78 is 5.39. The maximum absolute atomic E-state index is 11.7. The van der Waals surface area contributed by atoms with Gasteiger partial charge in [-0.15, -0.1) is 0 Å². The molecule has 0 aliphatic heterocycles. The smallest absolute Gasteiger partial charge is 0.315 e. The van der Waals surface area contributed by atoms with Crippen LogP contribution in [0.15, 0.2) is 54.6 Å². The summed E-state index contributed by atoms with van der Waals surface area (Å²) in [5.74, 6) is -1.04. The Hall–Kier alpha value is -2.55. The number of allylic oxidation sites excluding steroid dienone is 1. The van der Waals surface area contributed by atoms with Crippen molar-refractivity contribution in [2.45, 2.75) is 12.8 Å². The van der Waals surface area contributed by atoms with Crippen molar-refractivity contribution in [1.82, 2.24) is 0 Å². The lowest BCUT2D eigenvalue weighted by Crippen LogP contribution is -2.14. The topological polar surface area (TPSA) is 46.5 Å². The minimum absolute atomic E-state index is 0.585. The Morgan fingerprint density at radius 2 is 1.90 bits per heavy atom. The van der Waals surface area contributed by atoms with E-state index in [1.807, 2.05) is 67.6 Å². The maximum Gasteiger partial charge on any atom is 0.315 e. The lowest BCUT2D eigenvalue weighted by molar-refractivity contribution is -0.137. The number of rotatable bonds is 5. The summed E-state index contributed by atoms with van der Waals surface area (Å²) >= 11 is 0. The van der Waals surface area contributed by atoms with E-state index in [2.05, 4.69) is 0 Å². The van der Waals surface area contributed by atoms with Crippen LogP contribution >= 0.6 is 0 Å². The van der Waals surface area contributed by atoms with E-state index in [4.69, 9.17) is 4.74 Å². The Balaban J connectivity index is 2.53. The van der Waals surface area contributed by atoms with E-state index >= 15 is 0 Å². The molecule has 0 aliphatic carbocycles. The number of benzene rings is 2. The molecule has 2 aromatic carbocycles. The zero-order valence-corrected chi connectivity index (χ0v) is 12.1. The first-order chi connectivity index (χ1) is 10.2. The first-order valence-corrected chi connectivity index (χ1v) is 6.75. The molecule has 0 radical (unpaired) electrons.